The molecule has 9 heteroatoms. The van der Waals surface area contributed by atoms with Gasteiger partial charge in [0.05, 0.1) is 23.2 Å². The van der Waals surface area contributed by atoms with E-state index < -0.39 is 12.0 Å². The number of aromatic nitrogens is 2. The molecule has 0 radical (unpaired) electrons. The summed E-state index contributed by atoms with van der Waals surface area (Å²) in [7, 11) is 0. The van der Waals surface area contributed by atoms with Crippen LogP contribution >= 0.6 is 22.6 Å². The van der Waals surface area contributed by atoms with Crippen LogP contribution in [0, 0.1) is 3.57 Å². The van der Waals surface area contributed by atoms with Crippen LogP contribution in [0.2, 0.25) is 0 Å². The summed E-state index contributed by atoms with van der Waals surface area (Å²) in [6.07, 6.45) is -4.67. The summed E-state index contributed by atoms with van der Waals surface area (Å²) in [4.78, 5) is 16.2. The number of nitrogens with zero attached hydrogens (tertiary/aromatic N) is 2. The highest BCUT2D eigenvalue weighted by Gasteiger charge is 2.38. The maximum Gasteiger partial charge on any atom is 0.450 e. The van der Waals surface area contributed by atoms with Crippen molar-refractivity contribution in [1.29, 1.82) is 0 Å². The van der Waals surface area contributed by atoms with Crippen molar-refractivity contribution in [3.05, 3.63) is 87.3 Å². The van der Waals surface area contributed by atoms with Crippen molar-refractivity contribution in [2.24, 2.45) is 0 Å². The Labute approximate surface area is 188 Å². The maximum absolute atomic E-state index is 13.6. The molecule has 0 saturated carbocycles. The Bertz CT molecular complexity index is 1270. The number of fused-ring (bicyclic) bond motifs is 1. The second-order valence-electron chi connectivity index (χ2n) is 6.73. The monoisotopic (exact) mass is 537 g/mol. The molecule has 4 rings (SSSR count). The van der Waals surface area contributed by atoms with Gasteiger partial charge in [0.2, 0.25) is 5.82 Å². The molecule has 0 aliphatic heterocycles. The number of amides is 1. The van der Waals surface area contributed by atoms with E-state index in [2.05, 4.69) is 32.9 Å². The lowest BCUT2D eigenvalue weighted by molar-refractivity contribution is -0.145. The van der Waals surface area contributed by atoms with Crippen molar-refractivity contribution < 1.29 is 23.1 Å². The number of imidazole rings is 1. The van der Waals surface area contributed by atoms with E-state index in [1.165, 1.54) is 36.4 Å². The van der Waals surface area contributed by atoms with Crippen molar-refractivity contribution in [3.8, 4) is 5.69 Å². The van der Waals surface area contributed by atoms with E-state index in [9.17, 15) is 23.1 Å². The standard InChI is InChI=1S/C22H15F3IN3O2/c23-22(24,25)21-28-18-11-13(12-30)5-10-19(18)29(21)15-8-6-14(7-9-15)27-20(31)16-3-1-2-4-17(16)26/h1-11,30H,12H2,(H,27,31). The smallest absolute Gasteiger partial charge is 0.392 e. The topological polar surface area (TPSA) is 67.2 Å². The van der Waals surface area contributed by atoms with Crippen LogP contribution in [-0.2, 0) is 12.8 Å². The van der Waals surface area contributed by atoms with Crippen LogP contribution in [-0.4, -0.2) is 20.6 Å². The molecule has 0 unspecified atom stereocenters. The molecule has 0 spiro atoms. The summed E-state index contributed by atoms with van der Waals surface area (Å²) in [5, 5.41) is 12.0. The first kappa shape index (κ1) is 21.3. The van der Waals surface area contributed by atoms with Crippen LogP contribution in [0.5, 0.6) is 0 Å². The molecule has 0 bridgehead atoms. The van der Waals surface area contributed by atoms with Crippen LogP contribution < -0.4 is 5.32 Å². The summed E-state index contributed by atoms with van der Waals surface area (Å²) >= 11 is 2.06. The molecule has 0 aliphatic rings. The zero-order chi connectivity index (χ0) is 22.2. The number of benzene rings is 3. The minimum absolute atomic E-state index is 0.134. The second-order valence-corrected chi connectivity index (χ2v) is 7.89. The molecule has 0 fully saturated rings. The number of anilines is 1. The molecular weight excluding hydrogens is 522 g/mol. The van der Waals surface area contributed by atoms with Gasteiger partial charge in [0.15, 0.2) is 0 Å². The number of halogens is 4. The predicted octanol–water partition coefficient (Wildman–Crippen LogP) is 5.39. The highest BCUT2D eigenvalue weighted by Crippen LogP contribution is 2.34. The zero-order valence-corrected chi connectivity index (χ0v) is 18.0. The molecule has 158 valence electrons. The summed E-state index contributed by atoms with van der Waals surface area (Å²) in [6, 6.07) is 17.6. The molecule has 2 N–H and O–H groups in total. The predicted molar refractivity (Wildman–Crippen MR) is 119 cm³/mol. The Morgan fingerprint density at radius 3 is 2.42 bits per heavy atom. The fourth-order valence-electron chi connectivity index (χ4n) is 3.21. The average molecular weight is 537 g/mol. The van der Waals surface area contributed by atoms with Gasteiger partial charge in [0.25, 0.3) is 5.91 Å². The number of nitrogens with one attached hydrogen (secondary N) is 1. The van der Waals surface area contributed by atoms with Gasteiger partial charge in [-0.25, -0.2) is 4.98 Å². The highest BCUT2D eigenvalue weighted by atomic mass is 127. The van der Waals surface area contributed by atoms with Crippen molar-refractivity contribution in [3.63, 3.8) is 0 Å². The number of aliphatic hydroxyl groups is 1. The lowest BCUT2D eigenvalue weighted by Gasteiger charge is -2.13. The van der Waals surface area contributed by atoms with Gasteiger partial charge in [0, 0.05) is 14.9 Å². The van der Waals surface area contributed by atoms with E-state index in [0.717, 1.165) is 8.14 Å². The summed E-state index contributed by atoms with van der Waals surface area (Å²) in [6.45, 7) is -0.293. The van der Waals surface area contributed by atoms with E-state index in [1.54, 1.807) is 18.2 Å². The average Bonchev–Trinajstić information content (AvgIpc) is 3.14. The number of rotatable bonds is 4. The number of hydrogen-bond donors (Lipinski definition) is 2. The van der Waals surface area contributed by atoms with Gasteiger partial charge in [0.1, 0.15) is 0 Å². The minimum Gasteiger partial charge on any atom is -0.392 e. The Kier molecular flexibility index (Phi) is 5.71. The normalized spacial score (nSPS) is 11.6. The fraction of sp³-hybridized carbons (Fsp3) is 0.0909. The minimum atomic E-state index is -4.67. The van der Waals surface area contributed by atoms with Gasteiger partial charge in [-0.3, -0.25) is 9.36 Å². The first-order chi connectivity index (χ1) is 14.8. The molecule has 1 aromatic heterocycles. The van der Waals surface area contributed by atoms with E-state index in [1.807, 2.05) is 12.1 Å². The van der Waals surface area contributed by atoms with Crippen molar-refractivity contribution in [2.45, 2.75) is 12.8 Å². The summed E-state index contributed by atoms with van der Waals surface area (Å²) in [5.74, 6) is -1.37. The first-order valence-corrected chi connectivity index (χ1v) is 10.2. The third-order valence-electron chi connectivity index (χ3n) is 4.66. The van der Waals surface area contributed by atoms with Gasteiger partial charge in [-0.15, -0.1) is 0 Å². The molecule has 5 nitrogen and oxygen atoms in total. The van der Waals surface area contributed by atoms with Crippen LogP contribution in [0.4, 0.5) is 18.9 Å². The molecule has 31 heavy (non-hydrogen) atoms. The van der Waals surface area contributed by atoms with Crippen LogP contribution in [0.3, 0.4) is 0 Å². The van der Waals surface area contributed by atoms with Gasteiger partial charge in [-0.1, -0.05) is 18.2 Å². The number of aliphatic hydroxyl groups excluding tert-OH is 1. The van der Waals surface area contributed by atoms with Crippen molar-refractivity contribution in [1.82, 2.24) is 9.55 Å². The Morgan fingerprint density at radius 1 is 1.06 bits per heavy atom. The largest absolute Gasteiger partial charge is 0.450 e. The molecular formula is C22H15F3IN3O2. The molecule has 1 amide bonds. The van der Waals surface area contributed by atoms with Gasteiger partial charge in [-0.2, -0.15) is 13.2 Å². The van der Waals surface area contributed by atoms with Gasteiger partial charge in [-0.05, 0) is 76.7 Å². The summed E-state index contributed by atoms with van der Waals surface area (Å²) in [5.41, 5.74) is 2.08. The number of carbonyl (C=O) groups is 1. The molecule has 0 aliphatic carbocycles. The molecule has 3 aromatic carbocycles. The Hall–Kier alpha value is -2.92. The van der Waals surface area contributed by atoms with E-state index in [0.29, 0.717) is 16.8 Å². The zero-order valence-electron chi connectivity index (χ0n) is 15.8. The summed E-state index contributed by atoms with van der Waals surface area (Å²) < 4.78 is 42.7. The first-order valence-electron chi connectivity index (χ1n) is 9.13. The third-order valence-corrected chi connectivity index (χ3v) is 5.60. The number of alkyl halides is 3. The van der Waals surface area contributed by atoms with E-state index in [-0.39, 0.29) is 29.2 Å². The quantitative estimate of drug-likeness (QED) is 0.343. The maximum atomic E-state index is 13.6. The molecule has 0 atom stereocenters. The van der Waals surface area contributed by atoms with Crippen LogP contribution in [0.15, 0.2) is 66.7 Å². The van der Waals surface area contributed by atoms with Gasteiger partial charge >= 0.3 is 6.18 Å². The van der Waals surface area contributed by atoms with Crippen molar-refractivity contribution >= 4 is 45.2 Å². The fourth-order valence-corrected chi connectivity index (χ4v) is 3.85. The lowest BCUT2D eigenvalue weighted by Crippen LogP contribution is -2.14. The molecule has 0 saturated heterocycles. The number of carbonyl (C=O) groups excluding carboxylic acids is 1. The van der Waals surface area contributed by atoms with Crippen molar-refractivity contribution in [2.75, 3.05) is 5.32 Å². The molecule has 4 aromatic rings. The lowest BCUT2D eigenvalue weighted by atomic mass is 10.2. The Balaban J connectivity index is 1.70. The van der Waals surface area contributed by atoms with E-state index in [4.69, 9.17) is 0 Å². The highest BCUT2D eigenvalue weighted by molar-refractivity contribution is 14.1. The van der Waals surface area contributed by atoms with E-state index >= 15 is 0 Å². The van der Waals surface area contributed by atoms with Crippen LogP contribution in [0.1, 0.15) is 21.7 Å². The third kappa shape index (κ3) is 4.28. The molecule has 1 heterocycles. The SMILES string of the molecule is O=C(Nc1ccc(-n2c(C(F)(F)F)nc3cc(CO)ccc32)cc1)c1ccccc1I. The second kappa shape index (κ2) is 8.31. The van der Waals surface area contributed by atoms with Gasteiger partial charge < -0.3 is 10.4 Å². The number of hydrogen-bond acceptors (Lipinski definition) is 3. The Morgan fingerprint density at radius 2 is 1.77 bits per heavy atom. The van der Waals surface area contributed by atoms with Crippen LogP contribution in [0.25, 0.3) is 16.7 Å².